The van der Waals surface area contributed by atoms with Gasteiger partial charge in [0.2, 0.25) is 0 Å². The van der Waals surface area contributed by atoms with Crippen LogP contribution in [0.25, 0.3) is 11.5 Å². The monoisotopic (exact) mass is 456 g/mol. The summed E-state index contributed by atoms with van der Waals surface area (Å²) in [6, 6.07) is 9.99. The molecule has 0 unspecified atom stereocenters. The van der Waals surface area contributed by atoms with Crippen LogP contribution in [0, 0.1) is 5.82 Å². The van der Waals surface area contributed by atoms with Gasteiger partial charge in [-0.2, -0.15) is 0 Å². The Bertz CT molecular complexity index is 1320. The number of carbonyl (C=O) groups excluding carboxylic acids is 1. The molecule has 4 aromatic rings. The van der Waals surface area contributed by atoms with Gasteiger partial charge in [-0.1, -0.05) is 12.1 Å². The van der Waals surface area contributed by atoms with Gasteiger partial charge < -0.3 is 9.47 Å². The molecule has 8 heteroatoms. The van der Waals surface area contributed by atoms with Gasteiger partial charge in [-0.25, -0.2) is 14.4 Å². The summed E-state index contributed by atoms with van der Waals surface area (Å²) in [6.07, 6.45) is 11.1. The van der Waals surface area contributed by atoms with Crippen LogP contribution in [-0.4, -0.2) is 48.4 Å². The smallest absolute Gasteiger partial charge is 0.253 e. The van der Waals surface area contributed by atoms with Gasteiger partial charge in [0.15, 0.2) is 5.82 Å². The number of aryl methyl sites for hydroxylation is 1. The summed E-state index contributed by atoms with van der Waals surface area (Å²) in [5.41, 5.74) is 3.75. The number of hydrogen-bond donors (Lipinski definition) is 0. The maximum Gasteiger partial charge on any atom is 0.253 e. The van der Waals surface area contributed by atoms with E-state index in [-0.39, 0.29) is 17.6 Å². The standard InChI is InChI=1S/C26H25FN6O/c1-32-11-9-30-25(32)24-16-28-15-23(31-24)20-5-3-10-33(17-20)26(34)19-7-8-29-22(14-19)13-18-4-2-6-21(27)12-18/h2,4,6-9,11-12,14-16,20H,3,5,10,13,17H2,1H3/t20-/m0/s1. The summed E-state index contributed by atoms with van der Waals surface area (Å²) in [5, 5.41) is 0. The molecule has 5 rings (SSSR count). The van der Waals surface area contributed by atoms with E-state index in [1.807, 2.05) is 28.8 Å². The number of aromatic nitrogens is 5. The molecule has 1 aromatic carbocycles. The lowest BCUT2D eigenvalue weighted by atomic mass is 9.94. The van der Waals surface area contributed by atoms with Crippen molar-refractivity contribution in [2.75, 3.05) is 13.1 Å². The predicted molar refractivity (Wildman–Crippen MR) is 126 cm³/mol. The molecule has 1 amide bonds. The van der Waals surface area contributed by atoms with Gasteiger partial charge in [0.1, 0.15) is 11.5 Å². The third kappa shape index (κ3) is 4.71. The van der Waals surface area contributed by atoms with Crippen LogP contribution in [0.3, 0.4) is 0 Å². The summed E-state index contributed by atoms with van der Waals surface area (Å²) in [7, 11) is 1.93. The largest absolute Gasteiger partial charge is 0.338 e. The fourth-order valence-electron chi connectivity index (χ4n) is 4.45. The van der Waals surface area contributed by atoms with E-state index in [2.05, 4.69) is 15.0 Å². The molecule has 0 N–H and O–H groups in total. The minimum Gasteiger partial charge on any atom is -0.338 e. The molecule has 0 bridgehead atoms. The number of carbonyl (C=O) groups is 1. The molecule has 1 aliphatic heterocycles. The molecular formula is C26H25FN6O. The topological polar surface area (TPSA) is 76.8 Å². The van der Waals surface area contributed by atoms with Crippen molar-refractivity contribution in [2.45, 2.75) is 25.2 Å². The number of rotatable bonds is 5. The summed E-state index contributed by atoms with van der Waals surface area (Å²) in [4.78, 5) is 33.1. The van der Waals surface area contributed by atoms with E-state index in [4.69, 9.17) is 4.98 Å². The Morgan fingerprint density at radius 2 is 2.06 bits per heavy atom. The maximum atomic E-state index is 13.5. The molecule has 34 heavy (non-hydrogen) atoms. The van der Waals surface area contributed by atoms with Crippen molar-refractivity contribution in [1.29, 1.82) is 0 Å². The lowest BCUT2D eigenvalue weighted by molar-refractivity contribution is 0.0705. The number of amides is 1. The van der Waals surface area contributed by atoms with Crippen LogP contribution in [0.2, 0.25) is 0 Å². The quantitative estimate of drug-likeness (QED) is 0.453. The average Bonchev–Trinajstić information content (AvgIpc) is 3.30. The molecule has 1 fully saturated rings. The van der Waals surface area contributed by atoms with Crippen molar-refractivity contribution >= 4 is 5.91 Å². The predicted octanol–water partition coefficient (Wildman–Crippen LogP) is 4.02. The van der Waals surface area contributed by atoms with Crippen LogP contribution in [-0.2, 0) is 13.5 Å². The highest BCUT2D eigenvalue weighted by molar-refractivity contribution is 5.94. The summed E-state index contributed by atoms with van der Waals surface area (Å²) < 4.78 is 15.4. The first-order valence-corrected chi connectivity index (χ1v) is 11.3. The molecule has 0 radical (unpaired) electrons. The van der Waals surface area contributed by atoms with Crippen molar-refractivity contribution in [2.24, 2.45) is 7.05 Å². The van der Waals surface area contributed by atoms with Gasteiger partial charge in [-0.3, -0.25) is 14.8 Å². The average molecular weight is 457 g/mol. The summed E-state index contributed by atoms with van der Waals surface area (Å²) in [5.74, 6) is 0.569. The zero-order valence-corrected chi connectivity index (χ0v) is 18.9. The van der Waals surface area contributed by atoms with Gasteiger partial charge in [-0.05, 0) is 42.7 Å². The Labute approximate surface area is 197 Å². The van der Waals surface area contributed by atoms with Crippen LogP contribution in [0.5, 0.6) is 0 Å². The zero-order chi connectivity index (χ0) is 23.5. The second-order valence-corrected chi connectivity index (χ2v) is 8.62. The van der Waals surface area contributed by atoms with Crippen LogP contribution in [0.1, 0.15) is 46.1 Å². The number of hydrogen-bond acceptors (Lipinski definition) is 5. The zero-order valence-electron chi connectivity index (χ0n) is 18.9. The summed E-state index contributed by atoms with van der Waals surface area (Å²) in [6.45, 7) is 1.28. The first-order chi connectivity index (χ1) is 16.6. The number of likely N-dealkylation sites (tertiary alicyclic amines) is 1. The van der Waals surface area contributed by atoms with Crippen LogP contribution in [0.4, 0.5) is 4.39 Å². The van der Waals surface area contributed by atoms with E-state index in [0.29, 0.717) is 25.1 Å². The minimum atomic E-state index is -0.279. The van der Waals surface area contributed by atoms with Gasteiger partial charge in [-0.15, -0.1) is 0 Å². The SMILES string of the molecule is Cn1ccnc1-c1cncc([C@H]2CCCN(C(=O)c3ccnc(Cc4cccc(F)c4)c3)C2)n1. The van der Waals surface area contributed by atoms with E-state index in [9.17, 15) is 9.18 Å². The highest BCUT2D eigenvalue weighted by Gasteiger charge is 2.27. The van der Waals surface area contributed by atoms with Crippen molar-refractivity contribution < 1.29 is 9.18 Å². The number of halogens is 1. The van der Waals surface area contributed by atoms with Crippen molar-refractivity contribution in [1.82, 2.24) is 29.4 Å². The summed E-state index contributed by atoms with van der Waals surface area (Å²) >= 11 is 0. The molecule has 4 heterocycles. The lowest BCUT2D eigenvalue weighted by Crippen LogP contribution is -2.39. The first-order valence-electron chi connectivity index (χ1n) is 11.3. The molecule has 1 aliphatic rings. The molecular weight excluding hydrogens is 431 g/mol. The fraction of sp³-hybridized carbons (Fsp3) is 0.269. The molecule has 0 aliphatic carbocycles. The first kappa shape index (κ1) is 21.9. The number of pyridine rings is 1. The third-order valence-electron chi connectivity index (χ3n) is 6.17. The Kier molecular flexibility index (Phi) is 6.12. The second kappa shape index (κ2) is 9.51. The van der Waals surface area contributed by atoms with Crippen LogP contribution in [0.15, 0.2) is 67.4 Å². The molecule has 0 spiro atoms. The van der Waals surface area contributed by atoms with Gasteiger partial charge in [0, 0.05) is 68.5 Å². The molecule has 1 atom stereocenters. The normalized spacial score (nSPS) is 15.9. The van der Waals surface area contributed by atoms with Gasteiger partial charge in [0.25, 0.3) is 5.91 Å². The highest BCUT2D eigenvalue weighted by atomic mass is 19.1. The number of benzene rings is 1. The van der Waals surface area contributed by atoms with E-state index < -0.39 is 0 Å². The Balaban J connectivity index is 1.32. The van der Waals surface area contributed by atoms with Crippen molar-refractivity contribution in [3.63, 3.8) is 0 Å². The number of piperidine rings is 1. The van der Waals surface area contributed by atoms with Gasteiger partial charge >= 0.3 is 0 Å². The van der Waals surface area contributed by atoms with Crippen molar-refractivity contribution in [3.05, 3.63) is 95.7 Å². The second-order valence-electron chi connectivity index (χ2n) is 8.62. The minimum absolute atomic E-state index is 0.0270. The Morgan fingerprint density at radius 3 is 2.88 bits per heavy atom. The highest BCUT2D eigenvalue weighted by Crippen LogP contribution is 2.27. The lowest BCUT2D eigenvalue weighted by Gasteiger charge is -2.32. The van der Waals surface area contributed by atoms with Crippen LogP contribution >= 0.6 is 0 Å². The molecule has 0 saturated carbocycles. The molecule has 172 valence electrons. The Morgan fingerprint density at radius 1 is 1.15 bits per heavy atom. The number of nitrogens with zero attached hydrogens (tertiary/aromatic N) is 6. The van der Waals surface area contributed by atoms with E-state index in [0.717, 1.165) is 41.3 Å². The maximum absolute atomic E-state index is 13.5. The third-order valence-corrected chi connectivity index (χ3v) is 6.17. The Hall–Kier alpha value is -3.94. The molecule has 7 nitrogen and oxygen atoms in total. The van der Waals surface area contributed by atoms with E-state index in [1.54, 1.807) is 43.0 Å². The van der Waals surface area contributed by atoms with Crippen molar-refractivity contribution in [3.8, 4) is 11.5 Å². The molecule has 3 aromatic heterocycles. The van der Waals surface area contributed by atoms with Crippen LogP contribution < -0.4 is 0 Å². The van der Waals surface area contributed by atoms with Gasteiger partial charge in [0.05, 0.1) is 11.9 Å². The fourth-order valence-corrected chi connectivity index (χ4v) is 4.45. The van der Waals surface area contributed by atoms with E-state index in [1.165, 1.54) is 12.1 Å². The number of imidazole rings is 1. The van der Waals surface area contributed by atoms with E-state index >= 15 is 0 Å². The molecule has 1 saturated heterocycles.